The molecule has 0 unspecified atom stereocenters. The maximum Gasteiger partial charge on any atom is 0.256 e. The summed E-state index contributed by atoms with van der Waals surface area (Å²) in [4.78, 5) is 18.8. The molecule has 1 heterocycles. The minimum Gasteiger partial charge on any atom is -0.497 e. The SMILES string of the molecule is C=CC(=O)N(c1ccc(OCC(C)C)cc1)c1nc(-c2ccc(OC)cc2)cs1. The van der Waals surface area contributed by atoms with Crippen LogP contribution in [-0.4, -0.2) is 24.6 Å². The van der Waals surface area contributed by atoms with E-state index in [9.17, 15) is 4.79 Å². The van der Waals surface area contributed by atoms with E-state index in [1.54, 1.807) is 12.0 Å². The minimum atomic E-state index is -0.239. The number of ether oxygens (including phenoxy) is 2. The van der Waals surface area contributed by atoms with Crippen LogP contribution >= 0.6 is 11.3 Å². The highest BCUT2D eigenvalue weighted by atomic mass is 32.1. The van der Waals surface area contributed by atoms with Gasteiger partial charge in [-0.3, -0.25) is 9.69 Å². The maximum atomic E-state index is 12.6. The van der Waals surface area contributed by atoms with E-state index in [2.05, 4.69) is 25.4 Å². The predicted octanol–water partition coefficient (Wildman–Crippen LogP) is 5.70. The average Bonchev–Trinajstić information content (AvgIpc) is 3.22. The van der Waals surface area contributed by atoms with Crippen LogP contribution in [0.2, 0.25) is 0 Å². The summed E-state index contributed by atoms with van der Waals surface area (Å²) >= 11 is 1.40. The van der Waals surface area contributed by atoms with Gasteiger partial charge in [0.05, 0.1) is 25.1 Å². The largest absolute Gasteiger partial charge is 0.497 e. The van der Waals surface area contributed by atoms with Crippen LogP contribution in [-0.2, 0) is 4.79 Å². The molecule has 3 aromatic rings. The molecule has 0 N–H and O–H groups in total. The molecule has 0 radical (unpaired) electrons. The Labute approximate surface area is 175 Å². The summed E-state index contributed by atoms with van der Waals surface area (Å²) in [6.07, 6.45) is 1.29. The first-order valence-electron chi connectivity index (χ1n) is 9.31. The van der Waals surface area contributed by atoms with Gasteiger partial charge in [0.1, 0.15) is 11.5 Å². The molecule has 0 fully saturated rings. The molecule has 0 aliphatic carbocycles. The van der Waals surface area contributed by atoms with E-state index in [1.165, 1.54) is 17.4 Å². The van der Waals surface area contributed by atoms with Crippen molar-refractivity contribution in [3.63, 3.8) is 0 Å². The van der Waals surface area contributed by atoms with Gasteiger partial charge in [-0.1, -0.05) is 20.4 Å². The number of carbonyl (C=O) groups is 1. The van der Waals surface area contributed by atoms with Crippen molar-refractivity contribution in [1.29, 1.82) is 0 Å². The number of amides is 1. The van der Waals surface area contributed by atoms with Gasteiger partial charge in [-0.05, 0) is 60.5 Å². The van der Waals surface area contributed by atoms with Crippen molar-refractivity contribution in [2.24, 2.45) is 5.92 Å². The molecule has 0 spiro atoms. The Bertz CT molecular complexity index is 963. The number of anilines is 2. The molecule has 0 bridgehead atoms. The van der Waals surface area contributed by atoms with E-state index < -0.39 is 0 Å². The number of rotatable bonds is 8. The number of aromatic nitrogens is 1. The van der Waals surface area contributed by atoms with E-state index in [4.69, 9.17) is 9.47 Å². The molecular weight excluding hydrogens is 384 g/mol. The summed E-state index contributed by atoms with van der Waals surface area (Å²) in [5.74, 6) is 1.76. The molecule has 1 aromatic heterocycles. The Morgan fingerprint density at radius 2 is 1.79 bits per heavy atom. The molecule has 0 atom stereocenters. The van der Waals surface area contributed by atoms with Crippen molar-refractivity contribution in [3.05, 3.63) is 66.6 Å². The van der Waals surface area contributed by atoms with Crippen LogP contribution in [0.25, 0.3) is 11.3 Å². The van der Waals surface area contributed by atoms with Gasteiger partial charge >= 0.3 is 0 Å². The van der Waals surface area contributed by atoms with Crippen LogP contribution in [0.15, 0.2) is 66.6 Å². The number of carbonyl (C=O) groups excluding carboxylic acids is 1. The van der Waals surface area contributed by atoms with Crippen LogP contribution in [0, 0.1) is 5.92 Å². The van der Waals surface area contributed by atoms with Gasteiger partial charge in [-0.2, -0.15) is 0 Å². The molecular formula is C23H24N2O3S. The highest BCUT2D eigenvalue weighted by Crippen LogP contribution is 2.33. The molecule has 0 aliphatic heterocycles. The summed E-state index contributed by atoms with van der Waals surface area (Å²) in [6, 6.07) is 15.1. The van der Waals surface area contributed by atoms with Gasteiger partial charge in [0.15, 0.2) is 5.13 Å². The number of thiazole rings is 1. The smallest absolute Gasteiger partial charge is 0.256 e. The zero-order chi connectivity index (χ0) is 20.8. The maximum absolute atomic E-state index is 12.6. The number of methoxy groups -OCH3 is 1. The molecule has 5 nitrogen and oxygen atoms in total. The third-order valence-corrected chi connectivity index (χ3v) is 4.97. The zero-order valence-electron chi connectivity index (χ0n) is 16.8. The first-order chi connectivity index (χ1) is 14.0. The van der Waals surface area contributed by atoms with E-state index in [1.807, 2.05) is 53.9 Å². The minimum absolute atomic E-state index is 0.239. The normalized spacial score (nSPS) is 10.6. The van der Waals surface area contributed by atoms with Gasteiger partial charge in [0.25, 0.3) is 5.91 Å². The van der Waals surface area contributed by atoms with Crippen molar-refractivity contribution in [3.8, 4) is 22.8 Å². The predicted molar refractivity (Wildman–Crippen MR) is 118 cm³/mol. The van der Waals surface area contributed by atoms with E-state index in [0.717, 1.165) is 22.8 Å². The van der Waals surface area contributed by atoms with Crippen LogP contribution in [0.3, 0.4) is 0 Å². The van der Waals surface area contributed by atoms with Crippen LogP contribution in [0.4, 0.5) is 10.8 Å². The van der Waals surface area contributed by atoms with Crippen molar-refractivity contribution in [1.82, 2.24) is 4.98 Å². The fraction of sp³-hybridized carbons (Fsp3) is 0.217. The third-order valence-electron chi connectivity index (χ3n) is 4.14. The Morgan fingerprint density at radius 1 is 1.14 bits per heavy atom. The second kappa shape index (κ2) is 9.39. The second-order valence-electron chi connectivity index (χ2n) is 6.82. The van der Waals surface area contributed by atoms with Crippen LogP contribution in [0.1, 0.15) is 13.8 Å². The van der Waals surface area contributed by atoms with Crippen molar-refractivity contribution in [2.75, 3.05) is 18.6 Å². The topological polar surface area (TPSA) is 51.7 Å². The second-order valence-corrected chi connectivity index (χ2v) is 7.66. The molecule has 150 valence electrons. The Kier molecular flexibility index (Phi) is 6.67. The summed E-state index contributed by atoms with van der Waals surface area (Å²) < 4.78 is 10.9. The Balaban J connectivity index is 1.86. The van der Waals surface area contributed by atoms with Gasteiger partial charge < -0.3 is 9.47 Å². The van der Waals surface area contributed by atoms with Crippen LogP contribution < -0.4 is 14.4 Å². The van der Waals surface area contributed by atoms with Crippen molar-refractivity contribution < 1.29 is 14.3 Å². The highest BCUT2D eigenvalue weighted by molar-refractivity contribution is 7.14. The average molecular weight is 409 g/mol. The number of nitrogens with zero attached hydrogens (tertiary/aromatic N) is 2. The van der Waals surface area contributed by atoms with Crippen molar-refractivity contribution >= 4 is 28.1 Å². The fourth-order valence-corrected chi connectivity index (χ4v) is 3.50. The summed E-state index contributed by atoms with van der Waals surface area (Å²) in [6.45, 7) is 8.47. The molecule has 0 saturated heterocycles. The molecule has 6 heteroatoms. The first-order valence-corrected chi connectivity index (χ1v) is 10.2. The molecule has 0 aliphatic rings. The van der Waals surface area contributed by atoms with E-state index in [-0.39, 0.29) is 5.91 Å². The number of hydrogen-bond donors (Lipinski definition) is 0. The van der Waals surface area contributed by atoms with Gasteiger partial charge in [0, 0.05) is 10.9 Å². The third kappa shape index (κ3) is 5.03. The lowest BCUT2D eigenvalue weighted by Crippen LogP contribution is -2.23. The lowest BCUT2D eigenvalue weighted by Gasteiger charge is -2.19. The monoisotopic (exact) mass is 408 g/mol. The standard InChI is InChI=1S/C23H24N2O3S/c1-5-22(26)25(18-8-12-20(13-9-18)28-14-16(2)3)23-24-21(15-29-23)17-6-10-19(27-4)11-7-17/h5-13,15-16H,1,14H2,2-4H3. The zero-order valence-corrected chi connectivity index (χ0v) is 17.6. The number of hydrogen-bond acceptors (Lipinski definition) is 5. The number of benzene rings is 2. The Morgan fingerprint density at radius 3 is 2.38 bits per heavy atom. The lowest BCUT2D eigenvalue weighted by molar-refractivity contribution is -0.113. The van der Waals surface area contributed by atoms with Crippen molar-refractivity contribution in [2.45, 2.75) is 13.8 Å². The molecule has 0 saturated carbocycles. The first kappa shape index (κ1) is 20.6. The van der Waals surface area contributed by atoms with Gasteiger partial charge in [-0.25, -0.2) is 4.98 Å². The van der Waals surface area contributed by atoms with Gasteiger partial charge in [-0.15, -0.1) is 11.3 Å². The summed E-state index contributed by atoms with van der Waals surface area (Å²) in [5, 5.41) is 2.51. The van der Waals surface area contributed by atoms with E-state index >= 15 is 0 Å². The summed E-state index contributed by atoms with van der Waals surface area (Å²) in [7, 11) is 1.63. The molecule has 29 heavy (non-hydrogen) atoms. The Hall–Kier alpha value is -3.12. The van der Waals surface area contributed by atoms with Gasteiger partial charge in [0.2, 0.25) is 0 Å². The van der Waals surface area contributed by atoms with E-state index in [0.29, 0.717) is 23.3 Å². The molecule has 3 rings (SSSR count). The fourth-order valence-electron chi connectivity index (χ4n) is 2.64. The molecule has 2 aromatic carbocycles. The highest BCUT2D eigenvalue weighted by Gasteiger charge is 2.19. The molecule has 1 amide bonds. The van der Waals surface area contributed by atoms with Crippen LogP contribution in [0.5, 0.6) is 11.5 Å². The quantitative estimate of drug-likeness (QED) is 0.448. The lowest BCUT2D eigenvalue weighted by atomic mass is 10.2. The summed E-state index contributed by atoms with van der Waals surface area (Å²) in [5.41, 5.74) is 2.46.